The lowest BCUT2D eigenvalue weighted by Gasteiger charge is -2.25. The van der Waals surface area contributed by atoms with Gasteiger partial charge in [0.15, 0.2) is 0 Å². The van der Waals surface area contributed by atoms with E-state index in [2.05, 4.69) is 92.9 Å². The molecule has 0 radical (unpaired) electrons. The Morgan fingerprint density at radius 3 is 1.77 bits per heavy atom. The van der Waals surface area contributed by atoms with Gasteiger partial charge >= 0.3 is 0 Å². The van der Waals surface area contributed by atoms with Crippen LogP contribution in [0, 0.1) is 0 Å². The van der Waals surface area contributed by atoms with Gasteiger partial charge < -0.3 is 15.1 Å². The molecule has 0 spiro atoms. The number of rotatable bonds is 5. The highest BCUT2D eigenvalue weighted by Gasteiger charge is 2.11. The Balaban J connectivity index is 1.48. The minimum absolute atomic E-state index is 0.782. The zero-order valence-corrected chi connectivity index (χ0v) is 16.3. The molecule has 30 heavy (non-hydrogen) atoms. The van der Waals surface area contributed by atoms with E-state index in [4.69, 9.17) is 0 Å². The molecule has 5 rings (SSSR count). The Hall–Kier alpha value is -4.18. The highest BCUT2D eigenvalue weighted by atomic mass is 15.1. The molecule has 3 aromatic carbocycles. The molecule has 0 amide bonds. The van der Waals surface area contributed by atoms with Crippen LogP contribution in [-0.2, 0) is 0 Å². The number of anilines is 3. The van der Waals surface area contributed by atoms with Gasteiger partial charge in [0.2, 0.25) is 0 Å². The Morgan fingerprint density at radius 1 is 0.567 bits per heavy atom. The molecule has 0 bridgehead atoms. The monoisotopic (exact) mass is 387 g/mol. The van der Waals surface area contributed by atoms with Gasteiger partial charge in [-0.1, -0.05) is 54.6 Å². The predicted molar refractivity (Wildman–Crippen MR) is 121 cm³/mol. The lowest BCUT2D eigenvalue weighted by molar-refractivity contribution is 1.06. The number of benzene rings is 3. The quantitative estimate of drug-likeness (QED) is 0.358. The van der Waals surface area contributed by atoms with Gasteiger partial charge in [0.1, 0.15) is 0 Å². The normalized spacial score (nSPS) is 10.7. The van der Waals surface area contributed by atoms with E-state index in [1.165, 1.54) is 0 Å². The first-order chi connectivity index (χ1) is 14.9. The smallest absolute Gasteiger partial charge is 0.0867 e. The molecule has 2 heterocycles. The van der Waals surface area contributed by atoms with Crippen molar-refractivity contribution >= 4 is 17.1 Å². The highest BCUT2D eigenvalue weighted by Crippen LogP contribution is 2.35. The van der Waals surface area contributed by atoms with Crippen LogP contribution in [0.15, 0.2) is 115 Å². The van der Waals surface area contributed by atoms with Gasteiger partial charge in [0.05, 0.1) is 11.4 Å². The summed E-state index contributed by atoms with van der Waals surface area (Å²) in [5.74, 6) is 0. The zero-order chi connectivity index (χ0) is 20.2. The molecule has 4 heteroatoms. The van der Waals surface area contributed by atoms with Crippen molar-refractivity contribution in [3.8, 4) is 22.6 Å². The average Bonchev–Trinajstić information content (AvgIpc) is 3.32. The van der Waals surface area contributed by atoms with Crippen LogP contribution in [0.25, 0.3) is 22.6 Å². The average molecular weight is 387 g/mol. The van der Waals surface area contributed by atoms with E-state index in [0.717, 1.165) is 39.7 Å². The number of nitrogens with zero attached hydrogens (tertiary/aromatic N) is 4. The molecule has 2 aromatic heterocycles. The second-order valence-electron chi connectivity index (χ2n) is 6.88. The van der Waals surface area contributed by atoms with Gasteiger partial charge in [-0.3, -0.25) is 4.98 Å². The molecule has 0 unspecified atom stereocenters. The third kappa shape index (κ3) is 3.59. The summed E-state index contributed by atoms with van der Waals surface area (Å²) in [5.41, 5.74) is 6.78. The van der Waals surface area contributed by atoms with Gasteiger partial charge in [0, 0.05) is 23.3 Å². The number of hydrogen-bond donors (Lipinski definition) is 0. The van der Waals surface area contributed by atoms with Gasteiger partial charge in [0.25, 0.3) is 0 Å². The molecular formula is C26H19N4-. The van der Waals surface area contributed by atoms with Crippen LogP contribution < -0.4 is 10.00 Å². The fraction of sp³-hybridized carbons (Fsp3) is 0. The molecule has 4 nitrogen and oxygen atoms in total. The second-order valence-corrected chi connectivity index (χ2v) is 6.88. The summed E-state index contributed by atoms with van der Waals surface area (Å²) in [4.78, 5) is 6.59. The summed E-state index contributed by atoms with van der Waals surface area (Å²) < 4.78 is 0. The minimum Gasteiger partial charge on any atom is -0.574 e. The van der Waals surface area contributed by atoms with Gasteiger partial charge in [-0.05, 0) is 60.2 Å². The molecule has 5 aromatic rings. The second kappa shape index (κ2) is 8.05. The first-order valence-electron chi connectivity index (χ1n) is 9.81. The zero-order valence-electron chi connectivity index (χ0n) is 16.3. The first-order valence-corrected chi connectivity index (χ1v) is 9.81. The summed E-state index contributed by atoms with van der Waals surface area (Å²) in [6.07, 6.45) is 1.76. The summed E-state index contributed by atoms with van der Waals surface area (Å²) in [7, 11) is 0. The maximum Gasteiger partial charge on any atom is 0.0867 e. The van der Waals surface area contributed by atoms with Gasteiger partial charge in [-0.2, -0.15) is 0 Å². The van der Waals surface area contributed by atoms with E-state index in [0.29, 0.717) is 0 Å². The first kappa shape index (κ1) is 17.9. The molecule has 144 valence electrons. The molecule has 0 fully saturated rings. The van der Waals surface area contributed by atoms with Crippen molar-refractivity contribution in [1.29, 1.82) is 0 Å². The Kier molecular flexibility index (Phi) is 4.80. The fourth-order valence-corrected chi connectivity index (χ4v) is 3.46. The predicted octanol–water partition coefficient (Wildman–Crippen LogP) is 6.24. The maximum atomic E-state index is 4.35. The summed E-state index contributed by atoms with van der Waals surface area (Å²) in [6, 6.07) is 36.9. The van der Waals surface area contributed by atoms with Crippen molar-refractivity contribution in [3.05, 3.63) is 115 Å². The van der Waals surface area contributed by atoms with Crippen LogP contribution in [0.1, 0.15) is 0 Å². The topological polar surface area (TPSA) is 43.1 Å². The fourth-order valence-electron chi connectivity index (χ4n) is 3.46. The lowest BCUT2D eigenvalue weighted by Crippen LogP contribution is -2.09. The molecule has 0 N–H and O–H groups in total. The van der Waals surface area contributed by atoms with Crippen LogP contribution in [-0.4, -0.2) is 10.1 Å². The van der Waals surface area contributed by atoms with E-state index in [1.54, 1.807) is 6.20 Å². The largest absolute Gasteiger partial charge is 0.574 e. The maximum absolute atomic E-state index is 4.35. The van der Waals surface area contributed by atoms with E-state index in [9.17, 15) is 0 Å². The van der Waals surface area contributed by atoms with Crippen LogP contribution in [0.4, 0.5) is 17.1 Å². The van der Waals surface area contributed by atoms with Crippen LogP contribution >= 0.6 is 0 Å². The minimum atomic E-state index is 0.782. The Morgan fingerprint density at radius 2 is 1.17 bits per heavy atom. The van der Waals surface area contributed by atoms with Crippen molar-refractivity contribution in [2.75, 3.05) is 4.90 Å². The van der Waals surface area contributed by atoms with E-state index in [1.807, 2.05) is 36.4 Å². The molecule has 0 saturated carbocycles. The van der Waals surface area contributed by atoms with Crippen molar-refractivity contribution in [3.63, 3.8) is 0 Å². The number of pyridine rings is 1. The van der Waals surface area contributed by atoms with Crippen LogP contribution in [0.5, 0.6) is 0 Å². The molecule has 0 atom stereocenters. The van der Waals surface area contributed by atoms with Gasteiger partial charge in [-0.15, -0.1) is 5.69 Å². The molecule has 0 aliphatic carbocycles. The molecule has 0 aliphatic heterocycles. The summed E-state index contributed by atoms with van der Waals surface area (Å²) >= 11 is 0. The highest BCUT2D eigenvalue weighted by molar-refractivity contribution is 5.78. The number of aromatic nitrogens is 3. The van der Waals surface area contributed by atoms with Crippen LogP contribution in [0.2, 0.25) is 0 Å². The van der Waals surface area contributed by atoms with Crippen molar-refractivity contribution in [2.45, 2.75) is 0 Å². The SMILES string of the molecule is c1ccc(N(c2ccccc2)c2ccc(-c3cc(-c4ccccn4)n[n-]3)cc2)cc1. The van der Waals surface area contributed by atoms with E-state index >= 15 is 0 Å². The van der Waals surface area contributed by atoms with Gasteiger partial charge in [-0.25, -0.2) is 0 Å². The number of para-hydroxylation sites is 2. The van der Waals surface area contributed by atoms with Crippen molar-refractivity contribution in [1.82, 2.24) is 15.2 Å². The summed E-state index contributed by atoms with van der Waals surface area (Å²) in [5, 5.41) is 8.64. The molecule has 0 aliphatic rings. The van der Waals surface area contributed by atoms with Crippen molar-refractivity contribution in [2.24, 2.45) is 0 Å². The van der Waals surface area contributed by atoms with E-state index in [-0.39, 0.29) is 0 Å². The Labute approximate surface area is 175 Å². The third-order valence-electron chi connectivity index (χ3n) is 4.92. The molecular weight excluding hydrogens is 368 g/mol. The third-order valence-corrected chi connectivity index (χ3v) is 4.92. The Bertz CT molecular complexity index is 1180. The lowest BCUT2D eigenvalue weighted by atomic mass is 10.1. The van der Waals surface area contributed by atoms with Crippen molar-refractivity contribution < 1.29 is 0 Å². The summed E-state index contributed by atoms with van der Waals surface area (Å²) in [6.45, 7) is 0. The standard InChI is InChI=1S/C26H19N4/c1-3-9-21(10-4-1)30(22-11-5-2-6-12-22)23-16-14-20(15-17-23)25-19-26(29-28-25)24-13-7-8-18-27-24/h1-19H/q-1. The van der Waals surface area contributed by atoms with Crippen LogP contribution in [0.3, 0.4) is 0 Å². The number of hydrogen-bond acceptors (Lipinski definition) is 3. The van der Waals surface area contributed by atoms with E-state index < -0.39 is 0 Å². The molecule has 0 saturated heterocycles.